The van der Waals surface area contributed by atoms with Crippen LogP contribution in [0.15, 0.2) is 35.1 Å². The van der Waals surface area contributed by atoms with Crippen molar-refractivity contribution < 1.29 is 4.74 Å². The van der Waals surface area contributed by atoms with Crippen LogP contribution < -0.4 is 0 Å². The van der Waals surface area contributed by atoms with Gasteiger partial charge < -0.3 is 4.74 Å². The van der Waals surface area contributed by atoms with Crippen molar-refractivity contribution in [3.05, 3.63) is 40.6 Å². The number of nitrogens with zero attached hydrogens (tertiary/aromatic N) is 4. The number of benzene rings is 1. The predicted molar refractivity (Wildman–Crippen MR) is 56.7 cm³/mol. The minimum absolute atomic E-state index is 0.299. The molecular weight excluding hydrogens is 260 g/mol. The highest BCUT2D eigenvalue weighted by molar-refractivity contribution is 9.10. The number of hydrogen-bond donors (Lipinski definition) is 0. The SMILES string of the molecule is Brc1nnn(COCc2ccccc2)n1. The molecule has 15 heavy (non-hydrogen) atoms. The molecule has 0 aliphatic heterocycles. The van der Waals surface area contributed by atoms with Gasteiger partial charge in [-0.1, -0.05) is 30.3 Å². The van der Waals surface area contributed by atoms with Gasteiger partial charge in [0.1, 0.15) is 0 Å². The van der Waals surface area contributed by atoms with Gasteiger partial charge in [-0.25, -0.2) is 0 Å². The lowest BCUT2D eigenvalue weighted by molar-refractivity contribution is 0.0457. The Labute approximate surface area is 95.2 Å². The summed E-state index contributed by atoms with van der Waals surface area (Å²) in [6, 6.07) is 9.93. The number of ether oxygens (including phenoxy) is 1. The number of halogens is 1. The van der Waals surface area contributed by atoms with E-state index >= 15 is 0 Å². The Morgan fingerprint density at radius 2 is 2.07 bits per heavy atom. The number of rotatable bonds is 4. The van der Waals surface area contributed by atoms with Crippen molar-refractivity contribution in [1.29, 1.82) is 0 Å². The smallest absolute Gasteiger partial charge is 0.239 e. The molecule has 0 atom stereocenters. The van der Waals surface area contributed by atoms with E-state index in [0.717, 1.165) is 5.56 Å². The van der Waals surface area contributed by atoms with Gasteiger partial charge in [0.25, 0.3) is 0 Å². The van der Waals surface area contributed by atoms with Gasteiger partial charge in [-0.3, -0.25) is 0 Å². The molecule has 0 fully saturated rings. The molecule has 5 nitrogen and oxygen atoms in total. The third-order valence-corrected chi connectivity index (χ3v) is 2.06. The summed E-state index contributed by atoms with van der Waals surface area (Å²) in [6.07, 6.45) is 0. The van der Waals surface area contributed by atoms with Crippen molar-refractivity contribution in [3.63, 3.8) is 0 Å². The normalized spacial score (nSPS) is 10.5. The second-order valence-electron chi connectivity index (χ2n) is 2.89. The second kappa shape index (κ2) is 4.99. The lowest BCUT2D eigenvalue weighted by Crippen LogP contribution is -2.06. The lowest BCUT2D eigenvalue weighted by atomic mass is 10.2. The van der Waals surface area contributed by atoms with Crippen LogP contribution in [0.4, 0.5) is 0 Å². The summed E-state index contributed by atoms with van der Waals surface area (Å²) in [4.78, 5) is 1.38. The second-order valence-corrected chi connectivity index (χ2v) is 3.60. The van der Waals surface area contributed by atoms with Crippen molar-refractivity contribution in [3.8, 4) is 0 Å². The zero-order valence-corrected chi connectivity index (χ0v) is 9.46. The van der Waals surface area contributed by atoms with Crippen LogP contribution in [-0.4, -0.2) is 20.2 Å². The molecule has 0 aliphatic carbocycles. The Hall–Kier alpha value is -1.27. The molecule has 78 valence electrons. The first-order valence-electron chi connectivity index (χ1n) is 4.39. The highest BCUT2D eigenvalue weighted by atomic mass is 79.9. The average molecular weight is 269 g/mol. The third kappa shape index (κ3) is 3.10. The van der Waals surface area contributed by atoms with Crippen LogP contribution in [0.2, 0.25) is 0 Å². The number of hydrogen-bond acceptors (Lipinski definition) is 4. The summed E-state index contributed by atoms with van der Waals surface area (Å²) in [7, 11) is 0. The zero-order valence-electron chi connectivity index (χ0n) is 7.88. The highest BCUT2D eigenvalue weighted by Crippen LogP contribution is 2.01. The quantitative estimate of drug-likeness (QED) is 0.846. The van der Waals surface area contributed by atoms with Crippen LogP contribution in [-0.2, 0) is 18.1 Å². The monoisotopic (exact) mass is 268 g/mol. The summed E-state index contributed by atoms with van der Waals surface area (Å²) in [5, 5.41) is 11.3. The molecule has 1 aromatic carbocycles. The van der Waals surface area contributed by atoms with Gasteiger partial charge in [0.15, 0.2) is 6.73 Å². The first-order chi connectivity index (χ1) is 7.34. The number of tetrazole rings is 1. The first-order valence-corrected chi connectivity index (χ1v) is 5.19. The summed E-state index contributed by atoms with van der Waals surface area (Å²) in [6.45, 7) is 0.841. The molecule has 1 aromatic heterocycles. The largest absolute Gasteiger partial charge is 0.353 e. The molecule has 2 rings (SSSR count). The Balaban J connectivity index is 1.80. The molecule has 0 aliphatic rings. The standard InChI is InChI=1S/C9H9BrN4O/c10-9-11-13-14(12-9)7-15-6-8-4-2-1-3-5-8/h1-5H,6-7H2. The van der Waals surface area contributed by atoms with Crippen molar-refractivity contribution in [2.45, 2.75) is 13.3 Å². The molecule has 0 saturated heterocycles. The van der Waals surface area contributed by atoms with Crippen molar-refractivity contribution in [1.82, 2.24) is 20.2 Å². The molecule has 6 heteroatoms. The van der Waals surface area contributed by atoms with Crippen molar-refractivity contribution >= 4 is 15.9 Å². The fourth-order valence-electron chi connectivity index (χ4n) is 1.10. The Morgan fingerprint density at radius 3 is 2.73 bits per heavy atom. The van der Waals surface area contributed by atoms with E-state index in [1.54, 1.807) is 0 Å². The maximum atomic E-state index is 5.40. The molecular formula is C9H9BrN4O. The topological polar surface area (TPSA) is 52.8 Å². The van der Waals surface area contributed by atoms with Gasteiger partial charge in [0.2, 0.25) is 4.73 Å². The Bertz CT molecular complexity index is 417. The van der Waals surface area contributed by atoms with Crippen LogP contribution in [0.3, 0.4) is 0 Å². The Morgan fingerprint density at radius 1 is 1.27 bits per heavy atom. The molecule has 0 amide bonds. The van der Waals surface area contributed by atoms with Crippen LogP contribution in [0.5, 0.6) is 0 Å². The van der Waals surface area contributed by atoms with Crippen molar-refractivity contribution in [2.24, 2.45) is 0 Å². The molecule has 0 bridgehead atoms. The summed E-state index contributed by atoms with van der Waals surface area (Å²) >= 11 is 3.11. The summed E-state index contributed by atoms with van der Waals surface area (Å²) < 4.78 is 5.86. The van der Waals surface area contributed by atoms with E-state index in [2.05, 4.69) is 31.3 Å². The summed E-state index contributed by atoms with van der Waals surface area (Å²) in [5.74, 6) is 0. The average Bonchev–Trinajstić information content (AvgIpc) is 2.66. The molecule has 0 N–H and O–H groups in total. The van der Waals surface area contributed by atoms with E-state index in [1.807, 2.05) is 30.3 Å². The number of aromatic nitrogens is 4. The van der Waals surface area contributed by atoms with E-state index in [9.17, 15) is 0 Å². The fourth-order valence-corrected chi connectivity index (χ4v) is 1.35. The van der Waals surface area contributed by atoms with Gasteiger partial charge in [-0.05, 0) is 26.7 Å². The lowest BCUT2D eigenvalue weighted by Gasteiger charge is -2.02. The molecule has 0 saturated carbocycles. The third-order valence-electron chi connectivity index (χ3n) is 1.75. The first kappa shape index (κ1) is 10.3. The van der Waals surface area contributed by atoms with E-state index in [1.165, 1.54) is 4.80 Å². The van der Waals surface area contributed by atoms with Crippen LogP contribution >= 0.6 is 15.9 Å². The van der Waals surface area contributed by atoms with E-state index in [4.69, 9.17) is 4.74 Å². The van der Waals surface area contributed by atoms with Crippen molar-refractivity contribution in [2.75, 3.05) is 0 Å². The minimum atomic E-state index is 0.299. The highest BCUT2D eigenvalue weighted by Gasteiger charge is 1.98. The van der Waals surface area contributed by atoms with Gasteiger partial charge >= 0.3 is 0 Å². The molecule has 0 unspecified atom stereocenters. The van der Waals surface area contributed by atoms with Gasteiger partial charge in [0.05, 0.1) is 6.61 Å². The van der Waals surface area contributed by atoms with E-state index < -0.39 is 0 Å². The fraction of sp³-hybridized carbons (Fsp3) is 0.222. The van der Waals surface area contributed by atoms with Gasteiger partial charge in [0, 0.05) is 0 Å². The van der Waals surface area contributed by atoms with E-state index in [-0.39, 0.29) is 0 Å². The predicted octanol–water partition coefficient (Wildman–Crippen LogP) is 1.61. The van der Waals surface area contributed by atoms with Crippen LogP contribution in [0.1, 0.15) is 5.56 Å². The van der Waals surface area contributed by atoms with Crippen LogP contribution in [0, 0.1) is 0 Å². The molecule has 2 aromatic rings. The maximum Gasteiger partial charge on any atom is 0.239 e. The minimum Gasteiger partial charge on any atom is -0.353 e. The van der Waals surface area contributed by atoms with Gasteiger partial charge in [-0.2, -0.15) is 0 Å². The molecule has 0 radical (unpaired) electrons. The molecule has 0 spiro atoms. The zero-order chi connectivity index (χ0) is 10.5. The molecule has 1 heterocycles. The summed E-state index contributed by atoms with van der Waals surface area (Å²) in [5.41, 5.74) is 1.12. The maximum absolute atomic E-state index is 5.40. The Kier molecular flexibility index (Phi) is 3.41. The van der Waals surface area contributed by atoms with E-state index in [0.29, 0.717) is 18.1 Å². The van der Waals surface area contributed by atoms with Gasteiger partial charge in [-0.15, -0.1) is 15.0 Å². The van der Waals surface area contributed by atoms with Crippen LogP contribution in [0.25, 0.3) is 0 Å².